The quantitative estimate of drug-likeness (QED) is 0.755. The van der Waals surface area contributed by atoms with E-state index in [0.29, 0.717) is 22.9 Å². The van der Waals surface area contributed by atoms with E-state index in [0.717, 1.165) is 11.5 Å². The van der Waals surface area contributed by atoms with Gasteiger partial charge in [0.25, 0.3) is 0 Å². The summed E-state index contributed by atoms with van der Waals surface area (Å²) in [7, 11) is 0. The highest BCUT2D eigenvalue weighted by molar-refractivity contribution is 7.10. The number of hydrogen-bond donors (Lipinski definition) is 0. The molecule has 0 aliphatic carbocycles. The number of carbonyl (C=O) groups is 2. The lowest BCUT2D eigenvalue weighted by Gasteiger charge is -2.27. The van der Waals surface area contributed by atoms with E-state index >= 15 is 0 Å². The Bertz CT molecular complexity index is 416. The Balaban J connectivity index is 2.12. The zero-order chi connectivity index (χ0) is 11.7. The van der Waals surface area contributed by atoms with E-state index in [1.165, 1.54) is 4.90 Å². The molecule has 0 bridgehead atoms. The maximum atomic E-state index is 11.7. The maximum Gasteiger partial charge on any atom is 0.229 e. The fraction of sp³-hybridized carbons (Fsp3) is 0.556. The molecule has 5 nitrogen and oxygen atoms in total. The molecule has 86 valence electrons. The molecule has 2 amide bonds. The number of likely N-dealkylation sites (tertiary alicyclic amines) is 1. The fourth-order valence-electron chi connectivity index (χ4n) is 1.65. The minimum Gasteiger partial charge on any atom is -0.276 e. The average Bonchev–Trinajstić information content (AvgIpc) is 2.57. The monoisotopic (exact) mass is 259 g/mol. The Morgan fingerprint density at radius 2 is 2.06 bits per heavy atom. The van der Waals surface area contributed by atoms with E-state index in [4.69, 9.17) is 11.6 Å². The molecule has 1 saturated heterocycles. The van der Waals surface area contributed by atoms with E-state index in [1.54, 1.807) is 0 Å². The first-order valence-electron chi connectivity index (χ1n) is 4.88. The maximum absolute atomic E-state index is 11.7. The zero-order valence-corrected chi connectivity index (χ0v) is 10.2. The van der Waals surface area contributed by atoms with Gasteiger partial charge in [-0.05, 0) is 5.92 Å². The molecule has 0 spiro atoms. The second-order valence-electron chi connectivity index (χ2n) is 3.88. The number of amides is 2. The van der Waals surface area contributed by atoms with Crippen molar-refractivity contribution in [2.75, 3.05) is 0 Å². The summed E-state index contributed by atoms with van der Waals surface area (Å²) in [4.78, 5) is 24.6. The van der Waals surface area contributed by atoms with Crippen molar-refractivity contribution in [2.24, 2.45) is 5.92 Å². The molecule has 0 saturated carbocycles. The van der Waals surface area contributed by atoms with Crippen LogP contribution in [-0.2, 0) is 16.1 Å². The zero-order valence-electron chi connectivity index (χ0n) is 8.64. The summed E-state index contributed by atoms with van der Waals surface area (Å²) in [6.45, 7) is 2.03. The number of aromatic nitrogens is 2. The molecule has 1 aromatic heterocycles. The highest BCUT2D eigenvalue weighted by Gasteiger charge is 2.31. The first-order valence-corrected chi connectivity index (χ1v) is 6.03. The number of halogens is 1. The van der Waals surface area contributed by atoms with Crippen molar-refractivity contribution in [1.82, 2.24) is 14.5 Å². The number of imide groups is 1. The van der Waals surface area contributed by atoms with Gasteiger partial charge in [0.15, 0.2) is 0 Å². The molecule has 0 atom stereocenters. The second-order valence-corrected chi connectivity index (χ2v) is 5.24. The van der Waals surface area contributed by atoms with Crippen LogP contribution < -0.4 is 0 Å². The van der Waals surface area contributed by atoms with Gasteiger partial charge in [-0.1, -0.05) is 23.0 Å². The Morgan fingerprint density at radius 1 is 1.44 bits per heavy atom. The predicted octanol–water partition coefficient (Wildman–Crippen LogP) is 1.48. The van der Waals surface area contributed by atoms with Crippen LogP contribution in [0.3, 0.4) is 0 Å². The number of carbonyl (C=O) groups excluding carboxylic acids is 2. The Labute approximate surface area is 102 Å². The normalized spacial score (nSPS) is 18.2. The SMILES string of the molecule is CC1CC(=O)N(Cc2nnsc2Cl)C(=O)C1. The molecule has 7 heteroatoms. The van der Waals surface area contributed by atoms with Crippen LogP contribution in [0.1, 0.15) is 25.5 Å². The van der Waals surface area contributed by atoms with E-state index in [-0.39, 0.29) is 24.3 Å². The summed E-state index contributed by atoms with van der Waals surface area (Å²) in [5.41, 5.74) is 0.489. The minimum atomic E-state index is -0.159. The second kappa shape index (κ2) is 4.47. The van der Waals surface area contributed by atoms with Crippen molar-refractivity contribution in [3.63, 3.8) is 0 Å². The van der Waals surface area contributed by atoms with Crippen molar-refractivity contribution in [1.29, 1.82) is 0 Å². The van der Waals surface area contributed by atoms with Crippen LogP contribution in [-0.4, -0.2) is 26.3 Å². The number of piperidine rings is 1. The van der Waals surface area contributed by atoms with Crippen molar-refractivity contribution >= 4 is 34.9 Å². The van der Waals surface area contributed by atoms with Gasteiger partial charge in [-0.25, -0.2) is 0 Å². The minimum absolute atomic E-state index is 0.125. The molecular formula is C9H10ClN3O2S. The lowest BCUT2D eigenvalue weighted by molar-refractivity contribution is -0.150. The smallest absolute Gasteiger partial charge is 0.229 e. The average molecular weight is 260 g/mol. The topological polar surface area (TPSA) is 63.2 Å². The third-order valence-electron chi connectivity index (χ3n) is 2.47. The van der Waals surface area contributed by atoms with E-state index in [2.05, 4.69) is 9.59 Å². The molecule has 1 aromatic rings. The van der Waals surface area contributed by atoms with Crippen LogP contribution >= 0.6 is 23.1 Å². The molecule has 0 unspecified atom stereocenters. The van der Waals surface area contributed by atoms with Crippen LogP contribution in [0.25, 0.3) is 0 Å². The summed E-state index contributed by atoms with van der Waals surface area (Å²) >= 11 is 6.88. The van der Waals surface area contributed by atoms with Gasteiger partial charge in [-0.3, -0.25) is 14.5 Å². The highest BCUT2D eigenvalue weighted by atomic mass is 35.5. The van der Waals surface area contributed by atoms with Crippen LogP contribution in [0.5, 0.6) is 0 Å². The lowest BCUT2D eigenvalue weighted by Crippen LogP contribution is -2.42. The fourth-order valence-corrected chi connectivity index (χ4v) is 2.26. The van der Waals surface area contributed by atoms with Crippen molar-refractivity contribution < 1.29 is 9.59 Å². The Morgan fingerprint density at radius 3 is 2.56 bits per heavy atom. The van der Waals surface area contributed by atoms with E-state index in [9.17, 15) is 9.59 Å². The van der Waals surface area contributed by atoms with E-state index < -0.39 is 0 Å². The molecule has 0 radical (unpaired) electrons. The first kappa shape index (κ1) is 11.5. The molecule has 2 rings (SSSR count). The van der Waals surface area contributed by atoms with Crippen LogP contribution in [0.2, 0.25) is 4.34 Å². The van der Waals surface area contributed by atoms with Gasteiger partial charge in [0.1, 0.15) is 10.0 Å². The van der Waals surface area contributed by atoms with Gasteiger partial charge in [-0.2, -0.15) is 0 Å². The highest BCUT2D eigenvalue weighted by Crippen LogP contribution is 2.23. The molecule has 1 fully saturated rings. The number of nitrogens with zero attached hydrogens (tertiary/aromatic N) is 3. The molecule has 1 aliphatic heterocycles. The van der Waals surface area contributed by atoms with Crippen molar-refractivity contribution in [3.8, 4) is 0 Å². The van der Waals surface area contributed by atoms with Gasteiger partial charge in [0, 0.05) is 24.4 Å². The Kier molecular flexibility index (Phi) is 3.20. The third kappa shape index (κ3) is 2.22. The molecule has 16 heavy (non-hydrogen) atoms. The van der Waals surface area contributed by atoms with Gasteiger partial charge in [0.05, 0.1) is 6.54 Å². The first-order chi connectivity index (χ1) is 7.58. The van der Waals surface area contributed by atoms with Gasteiger partial charge in [0.2, 0.25) is 11.8 Å². The van der Waals surface area contributed by atoms with Gasteiger partial charge in [-0.15, -0.1) is 5.10 Å². The van der Waals surface area contributed by atoms with Crippen molar-refractivity contribution in [2.45, 2.75) is 26.3 Å². The van der Waals surface area contributed by atoms with Crippen LogP contribution in [0.4, 0.5) is 0 Å². The summed E-state index contributed by atoms with van der Waals surface area (Å²) < 4.78 is 4.09. The lowest BCUT2D eigenvalue weighted by atomic mass is 9.98. The number of hydrogen-bond acceptors (Lipinski definition) is 5. The number of rotatable bonds is 2. The summed E-state index contributed by atoms with van der Waals surface area (Å²) in [6.07, 6.45) is 0.807. The van der Waals surface area contributed by atoms with E-state index in [1.807, 2.05) is 6.92 Å². The molecule has 1 aliphatic rings. The third-order valence-corrected chi connectivity index (χ3v) is 3.45. The molecular weight excluding hydrogens is 250 g/mol. The van der Waals surface area contributed by atoms with Gasteiger partial charge < -0.3 is 0 Å². The Hall–Kier alpha value is -1.01. The van der Waals surface area contributed by atoms with Crippen molar-refractivity contribution in [3.05, 3.63) is 10.0 Å². The molecule has 2 heterocycles. The van der Waals surface area contributed by atoms with Gasteiger partial charge >= 0.3 is 0 Å². The summed E-state index contributed by atoms with van der Waals surface area (Å²) in [6, 6.07) is 0. The van der Waals surface area contributed by atoms with Crippen LogP contribution in [0.15, 0.2) is 0 Å². The largest absolute Gasteiger partial charge is 0.276 e. The molecule has 0 N–H and O–H groups in total. The van der Waals surface area contributed by atoms with Crippen LogP contribution in [0, 0.1) is 5.92 Å². The standard InChI is InChI=1S/C9H10ClN3O2S/c1-5-2-7(14)13(8(15)3-5)4-6-9(10)16-12-11-6/h5H,2-4H2,1H3. The predicted molar refractivity (Wildman–Crippen MR) is 58.9 cm³/mol. The molecule has 0 aromatic carbocycles. The summed E-state index contributed by atoms with van der Waals surface area (Å²) in [5.74, 6) is -0.194. The summed E-state index contributed by atoms with van der Waals surface area (Å²) in [5, 5.41) is 3.79.